The number of halogens is 2. The predicted molar refractivity (Wildman–Crippen MR) is 94.0 cm³/mol. The number of anilines is 2. The Morgan fingerprint density at radius 2 is 1.81 bits per heavy atom. The van der Waals surface area contributed by atoms with E-state index in [-0.39, 0.29) is 0 Å². The van der Waals surface area contributed by atoms with Gasteiger partial charge in [-0.25, -0.2) is 0 Å². The first-order valence-corrected chi connectivity index (χ1v) is 7.34. The molecule has 3 nitrogen and oxygen atoms in total. The average molecular weight is 341 g/mol. The van der Waals surface area contributed by atoms with Crippen molar-refractivity contribution in [3.63, 3.8) is 0 Å². The molecule has 0 fully saturated rings. The van der Waals surface area contributed by atoms with Crippen LogP contribution in [-0.4, -0.2) is 12.2 Å². The Bertz CT molecular complexity index is 677. The van der Waals surface area contributed by atoms with Gasteiger partial charge >= 0.3 is 0 Å². The number of methoxy groups -OCH3 is 1. The van der Waals surface area contributed by atoms with Crippen molar-refractivity contribution in [3.05, 3.63) is 52.0 Å². The highest BCUT2D eigenvalue weighted by Crippen LogP contribution is 2.28. The minimum atomic E-state index is 0.431. The molecule has 0 amide bonds. The molecule has 21 heavy (non-hydrogen) atoms. The van der Waals surface area contributed by atoms with Crippen molar-refractivity contribution >= 4 is 51.9 Å². The second-order valence-electron chi connectivity index (χ2n) is 4.34. The molecule has 0 aromatic heterocycles. The average Bonchev–Trinajstić information content (AvgIpc) is 2.44. The quantitative estimate of drug-likeness (QED) is 0.759. The molecule has 0 unspecified atom stereocenters. The summed E-state index contributed by atoms with van der Waals surface area (Å²) in [6.45, 7) is 1.92. The van der Waals surface area contributed by atoms with Gasteiger partial charge in [-0.3, -0.25) is 0 Å². The maximum atomic E-state index is 6.08. The molecule has 0 aliphatic rings. The molecule has 2 rings (SSSR count). The molecule has 0 saturated heterocycles. The van der Waals surface area contributed by atoms with E-state index in [1.54, 1.807) is 25.3 Å². The number of ether oxygens (including phenoxy) is 1. The molecule has 0 atom stereocenters. The molecule has 0 radical (unpaired) electrons. The molecule has 110 valence electrons. The van der Waals surface area contributed by atoms with Gasteiger partial charge in [-0.1, -0.05) is 29.3 Å². The van der Waals surface area contributed by atoms with E-state index >= 15 is 0 Å². The maximum Gasteiger partial charge on any atom is 0.175 e. The van der Waals surface area contributed by atoms with Crippen LogP contribution < -0.4 is 15.4 Å². The Hall–Kier alpha value is -1.49. The van der Waals surface area contributed by atoms with Gasteiger partial charge in [0.05, 0.1) is 12.8 Å². The van der Waals surface area contributed by atoms with E-state index in [1.165, 1.54) is 0 Å². The summed E-state index contributed by atoms with van der Waals surface area (Å²) in [6, 6.07) is 10.9. The topological polar surface area (TPSA) is 33.3 Å². The zero-order valence-corrected chi connectivity index (χ0v) is 13.9. The smallest absolute Gasteiger partial charge is 0.175 e. The van der Waals surface area contributed by atoms with Crippen LogP contribution >= 0.6 is 35.4 Å². The van der Waals surface area contributed by atoms with Gasteiger partial charge in [-0.15, -0.1) is 0 Å². The van der Waals surface area contributed by atoms with Crippen LogP contribution in [0.5, 0.6) is 5.75 Å². The van der Waals surface area contributed by atoms with E-state index in [1.807, 2.05) is 25.1 Å². The summed E-state index contributed by atoms with van der Waals surface area (Å²) in [7, 11) is 1.59. The van der Waals surface area contributed by atoms with Gasteiger partial charge in [0.1, 0.15) is 5.75 Å². The first kappa shape index (κ1) is 15.9. The highest BCUT2D eigenvalue weighted by atomic mass is 35.5. The molecule has 0 heterocycles. The summed E-state index contributed by atoms with van der Waals surface area (Å²) < 4.78 is 5.26. The highest BCUT2D eigenvalue weighted by Gasteiger charge is 2.08. The summed E-state index contributed by atoms with van der Waals surface area (Å²) in [6.07, 6.45) is 0. The number of benzene rings is 2. The Morgan fingerprint density at radius 1 is 1.10 bits per heavy atom. The molecule has 0 spiro atoms. The lowest BCUT2D eigenvalue weighted by atomic mass is 10.2. The van der Waals surface area contributed by atoms with Crippen molar-refractivity contribution in [3.8, 4) is 5.75 Å². The van der Waals surface area contributed by atoms with Gasteiger partial charge in [0.25, 0.3) is 0 Å². The standard InChI is InChI=1S/C15H14Cl2N2OS/c1-9-11(17)4-3-5-12(9)18-15(21)19-13-8-10(16)6-7-14(13)20-2/h3-8H,1-2H3,(H2,18,19,21). The fraction of sp³-hybridized carbons (Fsp3) is 0.133. The molecular weight excluding hydrogens is 327 g/mol. The van der Waals surface area contributed by atoms with Crippen molar-refractivity contribution < 1.29 is 4.74 Å². The van der Waals surface area contributed by atoms with Crippen molar-refractivity contribution in [2.24, 2.45) is 0 Å². The molecule has 2 aromatic rings. The lowest BCUT2D eigenvalue weighted by Crippen LogP contribution is -2.20. The Balaban J connectivity index is 2.15. The van der Waals surface area contributed by atoms with Crippen LogP contribution in [0.2, 0.25) is 10.0 Å². The molecular formula is C15H14Cl2N2OS. The van der Waals surface area contributed by atoms with Crippen LogP contribution in [0.15, 0.2) is 36.4 Å². The van der Waals surface area contributed by atoms with Crippen LogP contribution in [0, 0.1) is 6.92 Å². The Morgan fingerprint density at radius 3 is 2.52 bits per heavy atom. The van der Waals surface area contributed by atoms with E-state index < -0.39 is 0 Å². The van der Waals surface area contributed by atoms with Crippen molar-refractivity contribution in [1.82, 2.24) is 0 Å². The number of hydrogen-bond donors (Lipinski definition) is 2. The first-order valence-electron chi connectivity index (χ1n) is 6.18. The molecule has 6 heteroatoms. The number of nitrogens with one attached hydrogen (secondary N) is 2. The number of rotatable bonds is 3. The van der Waals surface area contributed by atoms with Gasteiger partial charge < -0.3 is 15.4 Å². The third-order valence-electron chi connectivity index (χ3n) is 2.93. The summed E-state index contributed by atoms with van der Waals surface area (Å²) in [5.74, 6) is 0.659. The minimum absolute atomic E-state index is 0.431. The molecule has 0 saturated carbocycles. The van der Waals surface area contributed by atoms with Gasteiger partial charge in [-0.2, -0.15) is 0 Å². The maximum absolute atomic E-state index is 6.08. The van der Waals surface area contributed by atoms with Crippen LogP contribution in [0.25, 0.3) is 0 Å². The SMILES string of the molecule is COc1ccc(Cl)cc1NC(=S)Nc1cccc(Cl)c1C. The zero-order chi connectivity index (χ0) is 15.4. The molecule has 0 aliphatic heterocycles. The third-order valence-corrected chi connectivity index (χ3v) is 3.77. The summed E-state index contributed by atoms with van der Waals surface area (Å²) in [5.41, 5.74) is 2.48. The van der Waals surface area contributed by atoms with E-state index in [9.17, 15) is 0 Å². The van der Waals surface area contributed by atoms with Crippen molar-refractivity contribution in [2.75, 3.05) is 17.7 Å². The van der Waals surface area contributed by atoms with Crippen LogP contribution in [0.4, 0.5) is 11.4 Å². The highest BCUT2D eigenvalue weighted by molar-refractivity contribution is 7.80. The van der Waals surface area contributed by atoms with Gasteiger partial charge in [0, 0.05) is 15.7 Å². The van der Waals surface area contributed by atoms with Crippen LogP contribution in [0.1, 0.15) is 5.56 Å². The van der Waals surface area contributed by atoms with E-state index in [4.69, 9.17) is 40.2 Å². The number of hydrogen-bond acceptors (Lipinski definition) is 2. The Kier molecular flexibility index (Phi) is 5.28. The number of thiocarbonyl (C=S) groups is 1. The fourth-order valence-corrected chi connectivity index (χ4v) is 2.36. The van der Waals surface area contributed by atoms with E-state index in [2.05, 4.69) is 10.6 Å². The van der Waals surface area contributed by atoms with Crippen molar-refractivity contribution in [1.29, 1.82) is 0 Å². The van der Waals surface area contributed by atoms with Gasteiger partial charge in [0.2, 0.25) is 0 Å². The summed E-state index contributed by atoms with van der Waals surface area (Å²) in [5, 5.41) is 7.88. The normalized spacial score (nSPS) is 10.1. The third kappa shape index (κ3) is 4.00. The predicted octanol–water partition coefficient (Wildman–Crippen LogP) is 5.12. The largest absolute Gasteiger partial charge is 0.495 e. The van der Waals surface area contributed by atoms with Gasteiger partial charge in [0.15, 0.2) is 5.11 Å². The Labute approximate surface area is 139 Å². The monoisotopic (exact) mass is 340 g/mol. The van der Waals surface area contributed by atoms with Crippen LogP contribution in [-0.2, 0) is 0 Å². The lowest BCUT2D eigenvalue weighted by Gasteiger charge is -2.15. The second-order valence-corrected chi connectivity index (χ2v) is 5.59. The van der Waals surface area contributed by atoms with Crippen LogP contribution in [0.3, 0.4) is 0 Å². The fourth-order valence-electron chi connectivity index (χ4n) is 1.80. The van der Waals surface area contributed by atoms with Crippen molar-refractivity contribution in [2.45, 2.75) is 6.92 Å². The second kappa shape index (κ2) is 6.98. The molecule has 0 bridgehead atoms. The molecule has 2 aromatic carbocycles. The van der Waals surface area contributed by atoms with Gasteiger partial charge in [-0.05, 0) is 55.0 Å². The minimum Gasteiger partial charge on any atom is -0.495 e. The lowest BCUT2D eigenvalue weighted by molar-refractivity contribution is 0.417. The first-order chi connectivity index (χ1) is 10.0. The van der Waals surface area contributed by atoms with E-state index in [0.29, 0.717) is 26.6 Å². The zero-order valence-electron chi connectivity index (χ0n) is 11.5. The molecule has 2 N–H and O–H groups in total. The van der Waals surface area contributed by atoms with E-state index in [0.717, 1.165) is 11.3 Å². The summed E-state index contributed by atoms with van der Waals surface area (Å²) in [4.78, 5) is 0. The summed E-state index contributed by atoms with van der Waals surface area (Å²) >= 11 is 17.4. The molecule has 0 aliphatic carbocycles.